The molecule has 2 aromatic carbocycles. The first-order valence-corrected chi connectivity index (χ1v) is 7.44. The SMILES string of the molecule is COc1cccc(C[C@@H](NC(=O)Cc2ccc(F)cc2)C(N)=O)c1. The van der Waals surface area contributed by atoms with Gasteiger partial charge in [-0.3, -0.25) is 9.59 Å². The van der Waals surface area contributed by atoms with Gasteiger partial charge < -0.3 is 15.8 Å². The fourth-order valence-electron chi connectivity index (χ4n) is 2.29. The third kappa shape index (κ3) is 5.08. The summed E-state index contributed by atoms with van der Waals surface area (Å²) in [7, 11) is 1.55. The summed E-state index contributed by atoms with van der Waals surface area (Å²) >= 11 is 0. The van der Waals surface area contributed by atoms with Crippen LogP contribution in [0.5, 0.6) is 5.75 Å². The van der Waals surface area contributed by atoms with Gasteiger partial charge in [-0.2, -0.15) is 0 Å². The Morgan fingerprint density at radius 2 is 1.88 bits per heavy atom. The third-order valence-corrected chi connectivity index (χ3v) is 3.53. The van der Waals surface area contributed by atoms with Crippen molar-refractivity contribution in [3.63, 3.8) is 0 Å². The van der Waals surface area contributed by atoms with E-state index >= 15 is 0 Å². The monoisotopic (exact) mass is 330 g/mol. The molecule has 0 aliphatic carbocycles. The lowest BCUT2D eigenvalue weighted by molar-refractivity contribution is -0.127. The van der Waals surface area contributed by atoms with Gasteiger partial charge in [-0.25, -0.2) is 4.39 Å². The molecule has 2 rings (SSSR count). The number of rotatable bonds is 7. The van der Waals surface area contributed by atoms with Crippen LogP contribution in [0, 0.1) is 5.82 Å². The van der Waals surface area contributed by atoms with Crippen molar-refractivity contribution >= 4 is 11.8 Å². The largest absolute Gasteiger partial charge is 0.497 e. The van der Waals surface area contributed by atoms with Crippen LogP contribution in [0.25, 0.3) is 0 Å². The molecule has 0 spiro atoms. The highest BCUT2D eigenvalue weighted by atomic mass is 19.1. The second-order valence-electron chi connectivity index (χ2n) is 5.38. The van der Waals surface area contributed by atoms with Gasteiger partial charge in [0.1, 0.15) is 17.6 Å². The minimum atomic E-state index is -0.829. The predicted molar refractivity (Wildman–Crippen MR) is 87.9 cm³/mol. The van der Waals surface area contributed by atoms with Crippen molar-refractivity contribution in [3.05, 3.63) is 65.5 Å². The number of carbonyl (C=O) groups is 2. The molecular weight excluding hydrogens is 311 g/mol. The average Bonchev–Trinajstić information content (AvgIpc) is 2.56. The highest BCUT2D eigenvalue weighted by Crippen LogP contribution is 2.14. The van der Waals surface area contributed by atoms with E-state index in [4.69, 9.17) is 10.5 Å². The van der Waals surface area contributed by atoms with Crippen molar-refractivity contribution in [1.82, 2.24) is 5.32 Å². The van der Waals surface area contributed by atoms with Crippen molar-refractivity contribution in [2.75, 3.05) is 7.11 Å². The number of halogens is 1. The maximum Gasteiger partial charge on any atom is 0.240 e. The van der Waals surface area contributed by atoms with Gasteiger partial charge in [-0.15, -0.1) is 0 Å². The van der Waals surface area contributed by atoms with Gasteiger partial charge >= 0.3 is 0 Å². The molecule has 0 aliphatic heterocycles. The first-order valence-electron chi connectivity index (χ1n) is 7.44. The Kier molecular flexibility index (Phi) is 5.89. The summed E-state index contributed by atoms with van der Waals surface area (Å²) in [6, 6.07) is 12.0. The maximum atomic E-state index is 12.9. The first-order chi connectivity index (χ1) is 11.5. The van der Waals surface area contributed by atoms with E-state index < -0.39 is 11.9 Å². The van der Waals surface area contributed by atoms with E-state index in [1.807, 2.05) is 6.07 Å². The molecule has 0 radical (unpaired) electrons. The highest BCUT2D eigenvalue weighted by molar-refractivity contribution is 5.87. The number of methoxy groups -OCH3 is 1. The number of nitrogens with two attached hydrogens (primary N) is 1. The summed E-state index contributed by atoms with van der Waals surface area (Å²) in [5, 5.41) is 2.62. The lowest BCUT2D eigenvalue weighted by Crippen LogP contribution is -2.46. The lowest BCUT2D eigenvalue weighted by atomic mass is 10.0. The Balaban J connectivity index is 2.00. The number of amides is 2. The van der Waals surface area contributed by atoms with Crippen LogP contribution in [0.2, 0.25) is 0 Å². The van der Waals surface area contributed by atoms with E-state index in [9.17, 15) is 14.0 Å². The predicted octanol–water partition coefficient (Wildman–Crippen LogP) is 1.59. The van der Waals surface area contributed by atoms with Crippen molar-refractivity contribution in [3.8, 4) is 5.75 Å². The summed E-state index contributed by atoms with van der Waals surface area (Å²) < 4.78 is 18.0. The fraction of sp³-hybridized carbons (Fsp3) is 0.222. The highest BCUT2D eigenvalue weighted by Gasteiger charge is 2.19. The van der Waals surface area contributed by atoms with Crippen LogP contribution in [-0.2, 0) is 22.4 Å². The van der Waals surface area contributed by atoms with E-state index in [0.29, 0.717) is 11.3 Å². The smallest absolute Gasteiger partial charge is 0.240 e. The van der Waals surface area contributed by atoms with Gasteiger partial charge in [0, 0.05) is 6.42 Å². The zero-order valence-corrected chi connectivity index (χ0v) is 13.3. The number of benzene rings is 2. The molecule has 0 aliphatic rings. The Labute approximate surface area is 139 Å². The molecule has 0 saturated carbocycles. The number of hydrogen-bond acceptors (Lipinski definition) is 3. The minimum Gasteiger partial charge on any atom is -0.497 e. The molecule has 24 heavy (non-hydrogen) atoms. The Morgan fingerprint density at radius 3 is 2.50 bits per heavy atom. The summed E-state index contributed by atoms with van der Waals surface area (Å²) in [6.45, 7) is 0. The third-order valence-electron chi connectivity index (χ3n) is 3.53. The standard InChI is InChI=1S/C18H19FN2O3/c1-24-15-4-2-3-13(9-15)10-16(18(20)23)21-17(22)11-12-5-7-14(19)8-6-12/h2-9,16H,10-11H2,1H3,(H2,20,23)(H,21,22)/t16-/m1/s1. The second-order valence-corrected chi connectivity index (χ2v) is 5.38. The molecule has 0 heterocycles. The molecule has 5 nitrogen and oxygen atoms in total. The molecule has 6 heteroatoms. The van der Waals surface area contributed by atoms with Gasteiger partial charge in [0.15, 0.2) is 0 Å². The molecule has 0 saturated heterocycles. The zero-order chi connectivity index (χ0) is 17.5. The van der Waals surface area contributed by atoms with Gasteiger partial charge in [0.2, 0.25) is 11.8 Å². The maximum absolute atomic E-state index is 12.9. The van der Waals surface area contributed by atoms with Gasteiger partial charge in [0.05, 0.1) is 13.5 Å². The van der Waals surface area contributed by atoms with Gasteiger partial charge in [0.25, 0.3) is 0 Å². The topological polar surface area (TPSA) is 81.4 Å². The molecule has 3 N–H and O–H groups in total. The number of primary amides is 1. The van der Waals surface area contributed by atoms with Crippen LogP contribution in [0.3, 0.4) is 0 Å². The number of ether oxygens (including phenoxy) is 1. The average molecular weight is 330 g/mol. The van der Waals surface area contributed by atoms with Crippen molar-refractivity contribution in [2.45, 2.75) is 18.9 Å². The van der Waals surface area contributed by atoms with Crippen LogP contribution >= 0.6 is 0 Å². The van der Waals surface area contributed by atoms with Crippen molar-refractivity contribution in [1.29, 1.82) is 0 Å². The van der Waals surface area contributed by atoms with Crippen LogP contribution in [0.1, 0.15) is 11.1 Å². The Hall–Kier alpha value is -2.89. The van der Waals surface area contributed by atoms with E-state index in [1.165, 1.54) is 24.3 Å². The summed E-state index contributed by atoms with van der Waals surface area (Å²) in [4.78, 5) is 23.7. The minimum absolute atomic E-state index is 0.0438. The number of carbonyl (C=O) groups excluding carboxylic acids is 2. The van der Waals surface area contributed by atoms with Crippen molar-refractivity contribution < 1.29 is 18.7 Å². The molecule has 0 fully saturated rings. The van der Waals surface area contributed by atoms with E-state index in [-0.39, 0.29) is 24.6 Å². The van der Waals surface area contributed by atoms with E-state index in [1.54, 1.807) is 25.3 Å². The van der Waals surface area contributed by atoms with E-state index in [2.05, 4.69) is 5.32 Å². The summed E-state index contributed by atoms with van der Waals surface area (Å²) in [6.07, 6.45) is 0.309. The van der Waals surface area contributed by atoms with Crippen LogP contribution in [0.15, 0.2) is 48.5 Å². The molecule has 2 amide bonds. The first kappa shape index (κ1) is 17.5. The van der Waals surface area contributed by atoms with Gasteiger partial charge in [-0.1, -0.05) is 24.3 Å². The fourth-order valence-corrected chi connectivity index (χ4v) is 2.29. The van der Waals surface area contributed by atoms with Crippen molar-refractivity contribution in [2.24, 2.45) is 5.73 Å². The second kappa shape index (κ2) is 8.10. The van der Waals surface area contributed by atoms with Crippen LogP contribution in [0.4, 0.5) is 4.39 Å². The zero-order valence-electron chi connectivity index (χ0n) is 13.3. The summed E-state index contributed by atoms with van der Waals surface area (Å²) in [5.41, 5.74) is 6.85. The Morgan fingerprint density at radius 1 is 1.17 bits per heavy atom. The molecule has 126 valence electrons. The van der Waals surface area contributed by atoms with Gasteiger partial charge in [-0.05, 0) is 35.4 Å². The molecule has 2 aromatic rings. The molecule has 0 aromatic heterocycles. The number of nitrogens with one attached hydrogen (secondary N) is 1. The molecule has 0 bridgehead atoms. The number of hydrogen-bond donors (Lipinski definition) is 2. The van der Waals surface area contributed by atoms with Crippen LogP contribution < -0.4 is 15.8 Å². The van der Waals surface area contributed by atoms with Crippen LogP contribution in [-0.4, -0.2) is 25.0 Å². The molecule has 1 atom stereocenters. The molecular formula is C18H19FN2O3. The quantitative estimate of drug-likeness (QED) is 0.809. The normalized spacial score (nSPS) is 11.6. The lowest BCUT2D eigenvalue weighted by Gasteiger charge is -2.16. The Bertz CT molecular complexity index is 716. The molecule has 0 unspecified atom stereocenters. The summed E-state index contributed by atoms with van der Waals surface area (Å²) in [5.74, 6) is -0.681. The van der Waals surface area contributed by atoms with E-state index in [0.717, 1.165) is 5.56 Å².